The summed E-state index contributed by atoms with van der Waals surface area (Å²) in [6.45, 7) is 0.506. The Balaban J connectivity index is 2.26. The summed E-state index contributed by atoms with van der Waals surface area (Å²) in [5.41, 5.74) is -0.0756. The second-order valence-electron chi connectivity index (χ2n) is 4.82. The number of primary sulfonamides is 1. The van der Waals surface area contributed by atoms with E-state index in [0.717, 1.165) is 31.4 Å². The first-order valence-corrected chi connectivity index (χ1v) is 8.43. The van der Waals surface area contributed by atoms with Gasteiger partial charge < -0.3 is 5.32 Å². The number of halogens is 2. The number of rotatable bonds is 4. The summed E-state index contributed by atoms with van der Waals surface area (Å²) < 4.78 is 36.1. The van der Waals surface area contributed by atoms with E-state index in [0.29, 0.717) is 12.5 Å². The molecule has 0 unspecified atom stereocenters. The smallest absolute Gasteiger partial charge is 0.252 e. The van der Waals surface area contributed by atoms with Crippen molar-refractivity contribution in [2.75, 3.05) is 6.54 Å². The highest BCUT2D eigenvalue weighted by Crippen LogP contribution is 2.28. The number of carbonyl (C=O) groups is 1. The Kier molecular flexibility index (Phi) is 4.46. The summed E-state index contributed by atoms with van der Waals surface area (Å²) in [4.78, 5) is 11.6. The molecule has 8 heteroatoms. The molecule has 5 nitrogen and oxygen atoms in total. The van der Waals surface area contributed by atoms with Gasteiger partial charge in [-0.05, 0) is 46.8 Å². The average molecular weight is 365 g/mol. The van der Waals surface area contributed by atoms with Crippen LogP contribution in [-0.2, 0) is 10.0 Å². The van der Waals surface area contributed by atoms with Crippen LogP contribution in [0, 0.1) is 11.7 Å². The molecule has 0 atom stereocenters. The van der Waals surface area contributed by atoms with E-state index in [9.17, 15) is 17.6 Å². The van der Waals surface area contributed by atoms with Gasteiger partial charge in [0.15, 0.2) is 0 Å². The third kappa shape index (κ3) is 3.36. The number of carbonyl (C=O) groups excluding carboxylic acids is 1. The van der Waals surface area contributed by atoms with Crippen molar-refractivity contribution in [3.8, 4) is 0 Å². The summed E-state index contributed by atoms with van der Waals surface area (Å²) in [5.74, 6) is -0.900. The van der Waals surface area contributed by atoms with E-state index in [4.69, 9.17) is 5.14 Å². The second-order valence-corrected chi connectivity index (χ2v) is 7.14. The van der Waals surface area contributed by atoms with Crippen molar-refractivity contribution in [1.29, 1.82) is 0 Å². The summed E-state index contributed by atoms with van der Waals surface area (Å²) >= 11 is 3.00. The van der Waals surface area contributed by atoms with Crippen molar-refractivity contribution in [3.63, 3.8) is 0 Å². The highest BCUT2D eigenvalue weighted by atomic mass is 79.9. The molecule has 0 aromatic heterocycles. The van der Waals surface area contributed by atoms with Gasteiger partial charge in [-0.25, -0.2) is 17.9 Å². The minimum Gasteiger partial charge on any atom is -0.352 e. The van der Waals surface area contributed by atoms with Crippen LogP contribution in [-0.4, -0.2) is 20.9 Å². The second kappa shape index (κ2) is 5.79. The molecule has 3 N–H and O–H groups in total. The van der Waals surface area contributed by atoms with Crippen LogP contribution in [0.3, 0.4) is 0 Å². The molecule has 1 aromatic carbocycles. The SMILES string of the molecule is NS(=O)(=O)c1cc(F)cc(C(=O)NCC2CCC2)c1Br. The molecule has 1 fully saturated rings. The van der Waals surface area contributed by atoms with Crippen LogP contribution in [0.25, 0.3) is 0 Å². The average Bonchev–Trinajstić information content (AvgIpc) is 2.28. The lowest BCUT2D eigenvalue weighted by Crippen LogP contribution is -2.32. The van der Waals surface area contributed by atoms with Crippen LogP contribution >= 0.6 is 15.9 Å². The molecule has 2 rings (SSSR count). The lowest BCUT2D eigenvalue weighted by Gasteiger charge is -2.25. The Hall–Kier alpha value is -0.990. The highest BCUT2D eigenvalue weighted by Gasteiger charge is 2.23. The minimum absolute atomic E-state index is 0.0208. The Morgan fingerprint density at radius 3 is 2.60 bits per heavy atom. The van der Waals surface area contributed by atoms with Crippen LogP contribution in [0.1, 0.15) is 29.6 Å². The minimum atomic E-state index is -4.10. The van der Waals surface area contributed by atoms with Gasteiger partial charge in [0.2, 0.25) is 10.0 Å². The molecule has 0 bridgehead atoms. The number of amides is 1. The predicted molar refractivity (Wildman–Crippen MR) is 75.1 cm³/mol. The fraction of sp³-hybridized carbons (Fsp3) is 0.417. The molecular weight excluding hydrogens is 351 g/mol. The third-order valence-electron chi connectivity index (χ3n) is 3.33. The first-order valence-electron chi connectivity index (χ1n) is 6.09. The van der Waals surface area contributed by atoms with Crippen LogP contribution in [0.4, 0.5) is 4.39 Å². The quantitative estimate of drug-likeness (QED) is 0.852. The number of nitrogens with one attached hydrogen (secondary N) is 1. The van der Waals surface area contributed by atoms with Gasteiger partial charge in [0, 0.05) is 6.54 Å². The number of benzene rings is 1. The van der Waals surface area contributed by atoms with Crippen molar-refractivity contribution in [2.45, 2.75) is 24.2 Å². The van der Waals surface area contributed by atoms with E-state index in [1.165, 1.54) is 0 Å². The first kappa shape index (κ1) is 15.4. The molecule has 110 valence electrons. The lowest BCUT2D eigenvalue weighted by molar-refractivity contribution is 0.0937. The van der Waals surface area contributed by atoms with Gasteiger partial charge in [-0.3, -0.25) is 4.79 Å². The zero-order valence-corrected chi connectivity index (χ0v) is 12.9. The standard InChI is InChI=1S/C12H14BrFN2O3S/c13-11-9(12(17)16-6-7-2-1-3-7)4-8(14)5-10(11)20(15,18)19/h4-5,7H,1-3,6H2,(H,16,17)(H2,15,18,19). The largest absolute Gasteiger partial charge is 0.352 e. The van der Waals surface area contributed by atoms with Gasteiger partial charge in [-0.2, -0.15) is 0 Å². The lowest BCUT2D eigenvalue weighted by atomic mass is 9.85. The van der Waals surface area contributed by atoms with E-state index in [1.54, 1.807) is 0 Å². The van der Waals surface area contributed by atoms with Crippen LogP contribution in [0.2, 0.25) is 0 Å². The van der Waals surface area contributed by atoms with E-state index in [-0.39, 0.29) is 10.0 Å². The Bertz CT molecular complexity index is 644. The molecule has 0 saturated heterocycles. The van der Waals surface area contributed by atoms with Gasteiger partial charge in [0.1, 0.15) is 5.82 Å². The van der Waals surface area contributed by atoms with Crippen LogP contribution in [0.5, 0.6) is 0 Å². The van der Waals surface area contributed by atoms with Crippen molar-refractivity contribution in [3.05, 3.63) is 28.0 Å². The zero-order chi connectivity index (χ0) is 14.9. The molecule has 0 radical (unpaired) electrons. The maximum absolute atomic E-state index is 13.5. The molecule has 1 aliphatic carbocycles. The van der Waals surface area contributed by atoms with Gasteiger partial charge >= 0.3 is 0 Å². The molecule has 0 spiro atoms. The van der Waals surface area contributed by atoms with Crippen molar-refractivity contribution >= 4 is 31.9 Å². The van der Waals surface area contributed by atoms with E-state index >= 15 is 0 Å². The fourth-order valence-corrected chi connectivity index (χ4v) is 3.69. The van der Waals surface area contributed by atoms with Gasteiger partial charge in [-0.15, -0.1) is 0 Å². The molecular formula is C12H14BrFN2O3S. The number of hydrogen-bond acceptors (Lipinski definition) is 3. The summed E-state index contributed by atoms with van der Waals surface area (Å²) in [6, 6.07) is 1.76. The van der Waals surface area contributed by atoms with Crippen LogP contribution in [0.15, 0.2) is 21.5 Å². The predicted octanol–water partition coefficient (Wildman–Crippen LogP) is 1.77. The van der Waals surface area contributed by atoms with Crippen molar-refractivity contribution in [1.82, 2.24) is 5.32 Å². The zero-order valence-electron chi connectivity index (χ0n) is 10.5. The summed E-state index contributed by atoms with van der Waals surface area (Å²) in [6.07, 6.45) is 3.28. The van der Waals surface area contributed by atoms with E-state index in [1.807, 2.05) is 0 Å². The van der Waals surface area contributed by atoms with Gasteiger partial charge in [0.25, 0.3) is 5.91 Å². The van der Waals surface area contributed by atoms with Crippen LogP contribution < -0.4 is 10.5 Å². The monoisotopic (exact) mass is 364 g/mol. The summed E-state index contributed by atoms with van der Waals surface area (Å²) in [7, 11) is -4.10. The molecule has 20 heavy (non-hydrogen) atoms. The maximum Gasteiger partial charge on any atom is 0.252 e. The van der Waals surface area contributed by atoms with Crippen molar-refractivity contribution < 1.29 is 17.6 Å². The third-order valence-corrected chi connectivity index (χ3v) is 5.38. The number of hydrogen-bond donors (Lipinski definition) is 2. The Morgan fingerprint density at radius 2 is 2.10 bits per heavy atom. The van der Waals surface area contributed by atoms with Gasteiger partial charge in [0.05, 0.1) is 14.9 Å². The normalized spacial score (nSPS) is 15.8. The fourth-order valence-electron chi connectivity index (χ4n) is 1.97. The molecule has 1 saturated carbocycles. The number of sulfonamides is 1. The van der Waals surface area contributed by atoms with Gasteiger partial charge in [-0.1, -0.05) is 6.42 Å². The molecule has 0 aliphatic heterocycles. The summed E-state index contributed by atoms with van der Waals surface area (Å²) in [5, 5.41) is 7.67. The number of nitrogens with two attached hydrogens (primary N) is 1. The molecule has 1 aliphatic rings. The highest BCUT2D eigenvalue weighted by molar-refractivity contribution is 9.10. The van der Waals surface area contributed by atoms with E-state index < -0.39 is 26.6 Å². The maximum atomic E-state index is 13.5. The van der Waals surface area contributed by atoms with Crippen molar-refractivity contribution in [2.24, 2.45) is 11.1 Å². The Labute approximate surface area is 124 Å². The van der Waals surface area contributed by atoms with E-state index in [2.05, 4.69) is 21.2 Å². The molecule has 1 amide bonds. The topological polar surface area (TPSA) is 89.3 Å². The molecule has 1 aromatic rings. The Morgan fingerprint density at radius 1 is 1.45 bits per heavy atom. The first-order chi connectivity index (χ1) is 9.29. The molecule has 0 heterocycles.